The SMILES string of the molecule is CCCCC(C)(C)COCNC(C)C=Cc1ccc(F)cc1. The first kappa shape index (κ1) is 18.9. The van der Waals surface area contributed by atoms with Crippen LogP contribution < -0.4 is 5.32 Å². The molecule has 0 amide bonds. The molecule has 0 radical (unpaired) electrons. The predicted octanol–water partition coefficient (Wildman–Crippen LogP) is 5.01. The normalized spacial score (nSPS) is 13.7. The zero-order chi connectivity index (χ0) is 16.4. The van der Waals surface area contributed by atoms with Crippen molar-refractivity contribution in [3.63, 3.8) is 0 Å². The molecule has 0 aliphatic rings. The van der Waals surface area contributed by atoms with E-state index >= 15 is 0 Å². The van der Waals surface area contributed by atoms with Crippen LogP contribution >= 0.6 is 0 Å². The van der Waals surface area contributed by atoms with Crippen molar-refractivity contribution in [2.45, 2.75) is 53.0 Å². The first-order valence-electron chi connectivity index (χ1n) is 8.18. The summed E-state index contributed by atoms with van der Waals surface area (Å²) in [5.74, 6) is -0.206. The van der Waals surface area contributed by atoms with E-state index in [0.717, 1.165) is 12.2 Å². The van der Waals surface area contributed by atoms with Crippen LogP contribution in [0.15, 0.2) is 30.3 Å². The Labute approximate surface area is 134 Å². The molecular formula is C19H30FNO. The molecule has 2 nitrogen and oxygen atoms in total. The molecule has 0 saturated carbocycles. The molecule has 0 aliphatic carbocycles. The second kappa shape index (κ2) is 9.75. The molecule has 0 spiro atoms. The molecule has 1 N–H and O–H groups in total. The maximum absolute atomic E-state index is 12.8. The minimum absolute atomic E-state index is 0.206. The third kappa shape index (κ3) is 8.30. The van der Waals surface area contributed by atoms with Gasteiger partial charge in [0.2, 0.25) is 0 Å². The van der Waals surface area contributed by atoms with Gasteiger partial charge in [-0.05, 0) is 36.5 Å². The fraction of sp³-hybridized carbons (Fsp3) is 0.579. The van der Waals surface area contributed by atoms with Crippen LogP contribution in [-0.2, 0) is 4.74 Å². The van der Waals surface area contributed by atoms with Crippen LogP contribution in [0.25, 0.3) is 6.08 Å². The summed E-state index contributed by atoms with van der Waals surface area (Å²) in [4.78, 5) is 0. The van der Waals surface area contributed by atoms with Crippen molar-refractivity contribution in [2.24, 2.45) is 5.41 Å². The van der Waals surface area contributed by atoms with Crippen molar-refractivity contribution in [1.82, 2.24) is 5.32 Å². The van der Waals surface area contributed by atoms with E-state index < -0.39 is 0 Å². The fourth-order valence-electron chi connectivity index (χ4n) is 2.14. The van der Waals surface area contributed by atoms with Gasteiger partial charge in [-0.3, -0.25) is 5.32 Å². The summed E-state index contributed by atoms with van der Waals surface area (Å²) in [6.07, 6.45) is 7.72. The lowest BCUT2D eigenvalue weighted by molar-refractivity contribution is 0.0438. The monoisotopic (exact) mass is 307 g/mol. The van der Waals surface area contributed by atoms with E-state index in [1.807, 2.05) is 6.08 Å². The first-order chi connectivity index (χ1) is 10.4. The van der Waals surface area contributed by atoms with Gasteiger partial charge in [-0.2, -0.15) is 0 Å². The lowest BCUT2D eigenvalue weighted by Crippen LogP contribution is -2.29. The topological polar surface area (TPSA) is 21.3 Å². The highest BCUT2D eigenvalue weighted by atomic mass is 19.1. The number of halogens is 1. The summed E-state index contributed by atoms with van der Waals surface area (Å²) in [6, 6.07) is 6.69. The molecule has 0 bridgehead atoms. The molecule has 0 heterocycles. The Morgan fingerprint density at radius 3 is 2.59 bits per heavy atom. The number of benzene rings is 1. The van der Waals surface area contributed by atoms with Gasteiger partial charge in [0.25, 0.3) is 0 Å². The van der Waals surface area contributed by atoms with Crippen molar-refractivity contribution >= 4 is 6.08 Å². The van der Waals surface area contributed by atoms with Crippen molar-refractivity contribution in [3.8, 4) is 0 Å². The van der Waals surface area contributed by atoms with E-state index in [0.29, 0.717) is 6.73 Å². The molecule has 1 rings (SSSR count). The van der Waals surface area contributed by atoms with Crippen molar-refractivity contribution < 1.29 is 9.13 Å². The van der Waals surface area contributed by atoms with Crippen molar-refractivity contribution in [3.05, 3.63) is 41.7 Å². The largest absolute Gasteiger partial charge is 0.366 e. The number of nitrogens with one attached hydrogen (secondary N) is 1. The maximum atomic E-state index is 12.8. The van der Waals surface area contributed by atoms with Gasteiger partial charge in [0.05, 0.1) is 13.3 Å². The number of ether oxygens (including phenoxy) is 1. The van der Waals surface area contributed by atoms with Crippen LogP contribution in [0.1, 0.15) is 52.5 Å². The minimum atomic E-state index is -0.206. The summed E-state index contributed by atoms with van der Waals surface area (Å²) in [5, 5.41) is 3.31. The van der Waals surface area contributed by atoms with Crippen LogP contribution in [-0.4, -0.2) is 19.4 Å². The van der Waals surface area contributed by atoms with Gasteiger partial charge in [-0.15, -0.1) is 0 Å². The molecule has 1 aromatic rings. The molecule has 124 valence electrons. The molecule has 0 aromatic heterocycles. The fourth-order valence-corrected chi connectivity index (χ4v) is 2.14. The molecule has 22 heavy (non-hydrogen) atoms. The van der Waals surface area contributed by atoms with E-state index in [1.54, 1.807) is 12.1 Å². The van der Waals surface area contributed by atoms with Gasteiger partial charge < -0.3 is 4.74 Å². The van der Waals surface area contributed by atoms with Crippen LogP contribution in [0, 0.1) is 11.2 Å². The van der Waals surface area contributed by atoms with E-state index in [2.05, 4.69) is 39.1 Å². The molecule has 0 saturated heterocycles. The second-order valence-electron chi connectivity index (χ2n) is 6.66. The number of hydrogen-bond acceptors (Lipinski definition) is 2. The molecule has 3 heteroatoms. The van der Waals surface area contributed by atoms with E-state index in [1.165, 1.54) is 31.4 Å². The Balaban J connectivity index is 2.23. The second-order valence-corrected chi connectivity index (χ2v) is 6.66. The Morgan fingerprint density at radius 2 is 1.95 bits per heavy atom. The van der Waals surface area contributed by atoms with Crippen molar-refractivity contribution in [1.29, 1.82) is 0 Å². The maximum Gasteiger partial charge on any atom is 0.123 e. The predicted molar refractivity (Wildman–Crippen MR) is 92.2 cm³/mol. The lowest BCUT2D eigenvalue weighted by atomic mass is 9.88. The van der Waals surface area contributed by atoms with Gasteiger partial charge >= 0.3 is 0 Å². The third-order valence-electron chi connectivity index (χ3n) is 3.65. The average Bonchev–Trinajstić information content (AvgIpc) is 2.49. The standard InChI is InChI=1S/C19H30FNO/c1-5-6-13-19(3,4)14-22-15-21-16(2)7-8-17-9-11-18(20)12-10-17/h7-12,16,21H,5-6,13-15H2,1-4H3. The summed E-state index contributed by atoms with van der Waals surface area (Å²) < 4.78 is 18.6. The number of unbranched alkanes of at least 4 members (excludes halogenated alkanes) is 1. The van der Waals surface area contributed by atoms with Crippen LogP contribution in [0.2, 0.25) is 0 Å². The van der Waals surface area contributed by atoms with E-state index in [-0.39, 0.29) is 17.3 Å². The lowest BCUT2D eigenvalue weighted by Gasteiger charge is -2.24. The van der Waals surface area contributed by atoms with E-state index in [9.17, 15) is 4.39 Å². The van der Waals surface area contributed by atoms with Crippen LogP contribution in [0.3, 0.4) is 0 Å². The highest BCUT2D eigenvalue weighted by molar-refractivity contribution is 5.49. The van der Waals surface area contributed by atoms with Crippen LogP contribution in [0.4, 0.5) is 4.39 Å². The van der Waals surface area contributed by atoms with Gasteiger partial charge in [0, 0.05) is 6.04 Å². The molecule has 0 fully saturated rings. The Kier molecular flexibility index (Phi) is 8.36. The summed E-state index contributed by atoms with van der Waals surface area (Å²) in [7, 11) is 0. The highest BCUT2D eigenvalue weighted by Gasteiger charge is 2.17. The van der Waals surface area contributed by atoms with Crippen LogP contribution in [0.5, 0.6) is 0 Å². The summed E-state index contributed by atoms with van der Waals surface area (Å²) in [5.41, 5.74) is 1.24. The van der Waals surface area contributed by atoms with E-state index in [4.69, 9.17) is 4.74 Å². The van der Waals surface area contributed by atoms with Gasteiger partial charge in [0.1, 0.15) is 5.82 Å². The minimum Gasteiger partial charge on any atom is -0.366 e. The first-order valence-corrected chi connectivity index (χ1v) is 8.18. The third-order valence-corrected chi connectivity index (χ3v) is 3.65. The Morgan fingerprint density at radius 1 is 1.27 bits per heavy atom. The van der Waals surface area contributed by atoms with Gasteiger partial charge in [-0.25, -0.2) is 4.39 Å². The molecule has 0 aliphatic heterocycles. The number of rotatable bonds is 10. The summed E-state index contributed by atoms with van der Waals surface area (Å²) >= 11 is 0. The summed E-state index contributed by atoms with van der Waals surface area (Å²) in [6.45, 7) is 10.1. The zero-order valence-corrected chi connectivity index (χ0v) is 14.4. The molecular weight excluding hydrogens is 277 g/mol. The van der Waals surface area contributed by atoms with Crippen molar-refractivity contribution in [2.75, 3.05) is 13.3 Å². The number of hydrogen-bond donors (Lipinski definition) is 1. The Hall–Kier alpha value is -1.19. The highest BCUT2D eigenvalue weighted by Crippen LogP contribution is 2.23. The molecule has 1 atom stereocenters. The molecule has 1 unspecified atom stereocenters. The smallest absolute Gasteiger partial charge is 0.123 e. The van der Waals surface area contributed by atoms with Gasteiger partial charge in [0.15, 0.2) is 0 Å². The Bertz CT molecular complexity index is 439. The quantitative estimate of drug-likeness (QED) is 0.485. The van der Waals surface area contributed by atoms with Gasteiger partial charge in [-0.1, -0.05) is 57.9 Å². The average molecular weight is 307 g/mol. The molecule has 1 aromatic carbocycles. The zero-order valence-electron chi connectivity index (χ0n) is 14.4.